The van der Waals surface area contributed by atoms with Crippen molar-refractivity contribution in [3.8, 4) is 0 Å². The van der Waals surface area contributed by atoms with Gasteiger partial charge in [0.15, 0.2) is 0 Å². The molecule has 1 aliphatic carbocycles. The maximum atomic E-state index is 12.4. The van der Waals surface area contributed by atoms with Gasteiger partial charge in [0.2, 0.25) is 5.91 Å². The first-order chi connectivity index (χ1) is 9.76. The van der Waals surface area contributed by atoms with Crippen LogP contribution in [-0.2, 0) is 24.1 Å². The van der Waals surface area contributed by atoms with Crippen molar-refractivity contribution in [1.29, 1.82) is 0 Å². The highest BCUT2D eigenvalue weighted by atomic mass is 16.2. The van der Waals surface area contributed by atoms with E-state index in [0.29, 0.717) is 12.5 Å². The number of carbonyl (C=O) groups is 1. The highest BCUT2D eigenvalue weighted by Gasteiger charge is 2.22. The number of fused-ring (bicyclic) bond motifs is 1. The van der Waals surface area contributed by atoms with Crippen molar-refractivity contribution in [1.82, 2.24) is 10.2 Å². The van der Waals surface area contributed by atoms with E-state index in [9.17, 15) is 4.79 Å². The molecule has 108 valence electrons. The second kappa shape index (κ2) is 5.96. The topological polar surface area (TPSA) is 32.3 Å². The Kier molecular flexibility index (Phi) is 4.06. The zero-order valence-electron chi connectivity index (χ0n) is 12.3. The lowest BCUT2D eigenvalue weighted by atomic mass is 10.0. The third-order valence-electron chi connectivity index (χ3n) is 4.77. The number of rotatable bonds is 3. The molecule has 2 aliphatic rings. The number of aryl methyl sites for hydroxylation is 2. The molecule has 1 aromatic carbocycles. The highest BCUT2D eigenvalue weighted by molar-refractivity contribution is 5.79. The maximum Gasteiger partial charge on any atom is 0.226 e. The lowest BCUT2D eigenvalue weighted by Crippen LogP contribution is -2.44. The van der Waals surface area contributed by atoms with Gasteiger partial charge in [-0.05, 0) is 55.8 Å². The molecule has 0 unspecified atom stereocenters. The van der Waals surface area contributed by atoms with E-state index in [4.69, 9.17) is 0 Å². The largest absolute Gasteiger partial charge is 0.342 e. The van der Waals surface area contributed by atoms with Crippen molar-refractivity contribution in [2.75, 3.05) is 20.1 Å². The average molecular weight is 272 g/mol. The summed E-state index contributed by atoms with van der Waals surface area (Å²) >= 11 is 0. The third kappa shape index (κ3) is 2.88. The second-order valence-corrected chi connectivity index (χ2v) is 6.08. The van der Waals surface area contributed by atoms with Gasteiger partial charge in [0.05, 0.1) is 6.42 Å². The standard InChI is InChI=1S/C17H24N2O/c1-18-16-7-9-19(10-8-16)17(20)12-13-5-6-14-3-2-4-15(14)11-13/h5-6,11,16,18H,2-4,7-10,12H2,1H3. The van der Waals surface area contributed by atoms with Crippen LogP contribution in [0.2, 0.25) is 0 Å². The number of benzene rings is 1. The number of amides is 1. The van der Waals surface area contributed by atoms with Crippen LogP contribution < -0.4 is 5.32 Å². The van der Waals surface area contributed by atoms with E-state index in [2.05, 4.69) is 23.5 Å². The van der Waals surface area contributed by atoms with Gasteiger partial charge in [-0.2, -0.15) is 0 Å². The summed E-state index contributed by atoms with van der Waals surface area (Å²) in [5.74, 6) is 0.289. The van der Waals surface area contributed by atoms with Crippen molar-refractivity contribution < 1.29 is 4.79 Å². The quantitative estimate of drug-likeness (QED) is 0.912. The summed E-state index contributed by atoms with van der Waals surface area (Å²) < 4.78 is 0. The van der Waals surface area contributed by atoms with Gasteiger partial charge in [-0.3, -0.25) is 4.79 Å². The Hall–Kier alpha value is -1.35. The van der Waals surface area contributed by atoms with Gasteiger partial charge in [-0.25, -0.2) is 0 Å². The highest BCUT2D eigenvalue weighted by Crippen LogP contribution is 2.23. The summed E-state index contributed by atoms with van der Waals surface area (Å²) in [7, 11) is 2.01. The van der Waals surface area contributed by atoms with Crippen LogP contribution in [0.3, 0.4) is 0 Å². The molecule has 0 atom stereocenters. The van der Waals surface area contributed by atoms with Crippen molar-refractivity contribution in [2.45, 2.75) is 44.6 Å². The molecular formula is C17H24N2O. The van der Waals surface area contributed by atoms with Crippen LogP contribution in [0.5, 0.6) is 0 Å². The smallest absolute Gasteiger partial charge is 0.226 e. The molecule has 0 bridgehead atoms. The molecule has 1 amide bonds. The van der Waals surface area contributed by atoms with Gasteiger partial charge in [0.1, 0.15) is 0 Å². The zero-order chi connectivity index (χ0) is 13.9. The summed E-state index contributed by atoms with van der Waals surface area (Å²) in [5.41, 5.74) is 4.13. The van der Waals surface area contributed by atoms with Crippen LogP contribution in [0.1, 0.15) is 36.0 Å². The molecule has 1 heterocycles. The van der Waals surface area contributed by atoms with E-state index < -0.39 is 0 Å². The number of nitrogens with one attached hydrogen (secondary N) is 1. The number of hydrogen-bond acceptors (Lipinski definition) is 2. The van der Waals surface area contributed by atoms with E-state index in [0.717, 1.165) is 25.9 Å². The van der Waals surface area contributed by atoms with Crippen molar-refractivity contribution in [2.24, 2.45) is 0 Å². The Balaban J connectivity index is 1.59. The van der Waals surface area contributed by atoms with Crippen molar-refractivity contribution >= 4 is 5.91 Å². The Morgan fingerprint density at radius 2 is 2.00 bits per heavy atom. The molecule has 1 fully saturated rings. The van der Waals surface area contributed by atoms with Crippen LogP contribution in [-0.4, -0.2) is 37.0 Å². The van der Waals surface area contributed by atoms with Crippen LogP contribution >= 0.6 is 0 Å². The first kappa shape index (κ1) is 13.6. The monoisotopic (exact) mass is 272 g/mol. The van der Waals surface area contributed by atoms with Crippen LogP contribution in [0.4, 0.5) is 0 Å². The van der Waals surface area contributed by atoms with Crippen molar-refractivity contribution in [3.05, 3.63) is 34.9 Å². The fourth-order valence-electron chi connectivity index (χ4n) is 3.44. The molecule has 3 rings (SSSR count). The third-order valence-corrected chi connectivity index (χ3v) is 4.77. The molecule has 1 N–H and O–H groups in total. The van der Waals surface area contributed by atoms with E-state index in [1.54, 1.807) is 0 Å². The van der Waals surface area contributed by atoms with Crippen LogP contribution in [0, 0.1) is 0 Å². The molecule has 0 aromatic heterocycles. The summed E-state index contributed by atoms with van der Waals surface area (Å²) in [6.07, 6.45) is 6.38. The van der Waals surface area contributed by atoms with E-state index in [1.165, 1.54) is 36.0 Å². The van der Waals surface area contributed by atoms with Crippen LogP contribution in [0.25, 0.3) is 0 Å². The maximum absolute atomic E-state index is 12.4. The lowest BCUT2D eigenvalue weighted by molar-refractivity contribution is -0.131. The zero-order valence-corrected chi connectivity index (χ0v) is 12.3. The molecule has 1 aromatic rings. The number of likely N-dealkylation sites (tertiary alicyclic amines) is 1. The normalized spacial score (nSPS) is 19.1. The fourth-order valence-corrected chi connectivity index (χ4v) is 3.44. The van der Waals surface area contributed by atoms with Gasteiger partial charge in [0.25, 0.3) is 0 Å². The minimum atomic E-state index is 0.289. The minimum Gasteiger partial charge on any atom is -0.342 e. The molecule has 1 aliphatic heterocycles. The van der Waals surface area contributed by atoms with Crippen molar-refractivity contribution in [3.63, 3.8) is 0 Å². The first-order valence-electron chi connectivity index (χ1n) is 7.82. The average Bonchev–Trinajstić information content (AvgIpc) is 2.95. The van der Waals surface area contributed by atoms with Gasteiger partial charge in [-0.15, -0.1) is 0 Å². The van der Waals surface area contributed by atoms with Gasteiger partial charge < -0.3 is 10.2 Å². The SMILES string of the molecule is CNC1CCN(C(=O)Cc2ccc3c(c2)CCC3)CC1. The van der Waals surface area contributed by atoms with Crippen LogP contribution in [0.15, 0.2) is 18.2 Å². The predicted octanol–water partition coefficient (Wildman–Crippen LogP) is 1.93. The molecule has 3 heteroatoms. The number of hydrogen-bond donors (Lipinski definition) is 1. The Morgan fingerprint density at radius 1 is 1.25 bits per heavy atom. The molecule has 0 saturated carbocycles. The summed E-state index contributed by atoms with van der Waals surface area (Å²) in [5, 5.41) is 3.30. The number of piperidine rings is 1. The predicted molar refractivity (Wildman–Crippen MR) is 80.8 cm³/mol. The molecule has 20 heavy (non-hydrogen) atoms. The van der Waals surface area contributed by atoms with E-state index in [-0.39, 0.29) is 5.91 Å². The molecule has 0 radical (unpaired) electrons. The minimum absolute atomic E-state index is 0.289. The van der Waals surface area contributed by atoms with Gasteiger partial charge in [-0.1, -0.05) is 18.2 Å². The Labute approximate surface area is 121 Å². The molecule has 3 nitrogen and oxygen atoms in total. The second-order valence-electron chi connectivity index (χ2n) is 6.08. The first-order valence-corrected chi connectivity index (χ1v) is 7.82. The molecule has 1 saturated heterocycles. The Bertz CT molecular complexity index is 490. The molecular weight excluding hydrogens is 248 g/mol. The van der Waals surface area contributed by atoms with E-state index in [1.807, 2.05) is 11.9 Å². The Morgan fingerprint density at radius 3 is 2.75 bits per heavy atom. The summed E-state index contributed by atoms with van der Waals surface area (Å²) in [4.78, 5) is 14.4. The van der Waals surface area contributed by atoms with Gasteiger partial charge >= 0.3 is 0 Å². The molecule has 0 spiro atoms. The lowest BCUT2D eigenvalue weighted by Gasteiger charge is -2.32. The summed E-state index contributed by atoms with van der Waals surface area (Å²) in [6.45, 7) is 1.80. The fraction of sp³-hybridized carbons (Fsp3) is 0.588. The summed E-state index contributed by atoms with van der Waals surface area (Å²) in [6, 6.07) is 7.19. The number of nitrogens with zero attached hydrogens (tertiary/aromatic N) is 1. The van der Waals surface area contributed by atoms with E-state index >= 15 is 0 Å². The number of carbonyl (C=O) groups excluding carboxylic acids is 1. The van der Waals surface area contributed by atoms with Gasteiger partial charge in [0, 0.05) is 19.1 Å².